The molecule has 0 spiro atoms. The van der Waals surface area contributed by atoms with Gasteiger partial charge in [0.25, 0.3) is 0 Å². The van der Waals surface area contributed by atoms with Crippen molar-refractivity contribution in [3.63, 3.8) is 0 Å². The number of aromatic nitrogens is 4. The van der Waals surface area contributed by atoms with Crippen molar-refractivity contribution >= 4 is 34.3 Å². The Bertz CT molecular complexity index is 1730. The molecule has 0 saturated heterocycles. The van der Waals surface area contributed by atoms with Gasteiger partial charge in [-0.2, -0.15) is 0 Å². The largest absolute Gasteiger partial charge is 0.486 e. The Hall–Kier alpha value is -4.66. The number of hydrogen-bond acceptors (Lipinski definition) is 7. The number of imidazole rings is 2. The van der Waals surface area contributed by atoms with Crippen LogP contribution in [0, 0.1) is 0 Å². The van der Waals surface area contributed by atoms with Crippen LogP contribution in [-0.2, 0) is 16.1 Å². The molecule has 0 aliphatic carbocycles. The number of para-hydroxylation sites is 2. The summed E-state index contributed by atoms with van der Waals surface area (Å²) in [6.45, 7) is 11.1. The molecule has 3 aromatic carbocycles. The summed E-state index contributed by atoms with van der Waals surface area (Å²) < 4.78 is 20.6. The van der Waals surface area contributed by atoms with E-state index >= 15 is 0 Å². The van der Waals surface area contributed by atoms with Crippen molar-refractivity contribution < 1.29 is 23.8 Å². The fraction of sp³-hybridized carbons (Fsp3) is 0.312. The maximum absolute atomic E-state index is 13.4. The second kappa shape index (κ2) is 10.7. The molecule has 0 fully saturated rings. The maximum atomic E-state index is 13.4. The number of carbonyl (C=O) groups is 2. The van der Waals surface area contributed by atoms with E-state index in [1.165, 1.54) is 9.13 Å². The Morgan fingerprint density at radius 1 is 0.756 bits per heavy atom. The van der Waals surface area contributed by atoms with E-state index in [9.17, 15) is 9.59 Å². The molecule has 212 valence electrons. The van der Waals surface area contributed by atoms with E-state index in [1.54, 1.807) is 18.2 Å². The minimum Gasteiger partial charge on any atom is -0.486 e. The van der Waals surface area contributed by atoms with Crippen molar-refractivity contribution in [2.75, 3.05) is 0 Å². The highest BCUT2D eigenvalue weighted by molar-refractivity contribution is 5.93. The molecule has 2 heterocycles. The predicted octanol–water partition coefficient (Wildman–Crippen LogP) is 7.59. The molecule has 0 saturated carbocycles. The average Bonchev–Trinajstić information content (AvgIpc) is 3.49. The monoisotopic (exact) mass is 554 g/mol. The summed E-state index contributed by atoms with van der Waals surface area (Å²) in [6, 6.07) is 22.1. The summed E-state index contributed by atoms with van der Waals surface area (Å²) in [5.74, 6) is 1.34. The summed E-state index contributed by atoms with van der Waals surface area (Å²) in [4.78, 5) is 36.0. The molecule has 2 aromatic heterocycles. The molecule has 5 rings (SSSR count). The summed E-state index contributed by atoms with van der Waals surface area (Å²) in [5.41, 5.74) is 1.88. The third kappa shape index (κ3) is 5.94. The van der Waals surface area contributed by atoms with Crippen molar-refractivity contribution in [1.82, 2.24) is 19.1 Å². The average molecular weight is 555 g/mol. The third-order valence-corrected chi connectivity index (χ3v) is 6.63. The highest BCUT2D eigenvalue weighted by Crippen LogP contribution is 2.29. The number of benzene rings is 3. The quantitative estimate of drug-likeness (QED) is 0.213. The summed E-state index contributed by atoms with van der Waals surface area (Å²) >= 11 is 0. The molecule has 0 atom stereocenters. The minimum atomic E-state index is -0.699. The van der Waals surface area contributed by atoms with Gasteiger partial charge in [-0.3, -0.25) is 0 Å². The lowest BCUT2D eigenvalue weighted by Gasteiger charge is -2.23. The molecule has 9 nitrogen and oxygen atoms in total. The van der Waals surface area contributed by atoms with Gasteiger partial charge in [0.2, 0.25) is 0 Å². The van der Waals surface area contributed by atoms with Crippen molar-refractivity contribution in [2.24, 2.45) is 0 Å². The molecule has 5 aromatic rings. The molecule has 0 bridgehead atoms. The van der Waals surface area contributed by atoms with Crippen LogP contribution in [0.2, 0.25) is 0 Å². The lowest BCUT2D eigenvalue weighted by atomic mass is 10.1. The van der Waals surface area contributed by atoms with Crippen molar-refractivity contribution in [3.8, 4) is 17.1 Å². The highest BCUT2D eigenvalue weighted by Gasteiger charge is 2.27. The Morgan fingerprint density at radius 2 is 1.41 bits per heavy atom. The Labute approximate surface area is 238 Å². The van der Waals surface area contributed by atoms with Crippen LogP contribution in [0.5, 0.6) is 5.75 Å². The van der Waals surface area contributed by atoms with E-state index in [0.717, 1.165) is 5.56 Å². The first-order valence-corrected chi connectivity index (χ1v) is 13.6. The second-order valence-electron chi connectivity index (χ2n) is 11.4. The van der Waals surface area contributed by atoms with Gasteiger partial charge in [0.1, 0.15) is 23.6 Å². The number of nitrogens with zero attached hydrogens (tertiary/aromatic N) is 4. The van der Waals surface area contributed by atoms with Crippen LogP contribution in [-0.4, -0.2) is 42.5 Å². The summed E-state index contributed by atoms with van der Waals surface area (Å²) in [7, 11) is 0. The Morgan fingerprint density at radius 3 is 2.12 bits per heavy atom. The topological polar surface area (TPSA) is 97.5 Å². The van der Waals surface area contributed by atoms with Gasteiger partial charge in [-0.1, -0.05) is 49.4 Å². The van der Waals surface area contributed by atoms with Crippen LogP contribution in [0.25, 0.3) is 33.5 Å². The first-order chi connectivity index (χ1) is 19.5. The SMILES string of the molecule is CCC(C)(C)OC(=O)n1c(COc2ccc3nc(-c4ccccc4)n(C(=O)OC(C)(C)C)c3c2)nc2ccccc21. The number of hydrogen-bond donors (Lipinski definition) is 0. The van der Waals surface area contributed by atoms with Gasteiger partial charge in [-0.25, -0.2) is 28.7 Å². The van der Waals surface area contributed by atoms with Crippen LogP contribution < -0.4 is 4.74 Å². The molecule has 9 heteroatoms. The van der Waals surface area contributed by atoms with Crippen LogP contribution in [0.4, 0.5) is 9.59 Å². The van der Waals surface area contributed by atoms with E-state index in [1.807, 2.05) is 96.1 Å². The molecular weight excluding hydrogens is 520 g/mol. The fourth-order valence-corrected chi connectivity index (χ4v) is 4.30. The van der Waals surface area contributed by atoms with E-state index in [2.05, 4.69) is 4.98 Å². The predicted molar refractivity (Wildman–Crippen MR) is 157 cm³/mol. The first kappa shape index (κ1) is 27.9. The van der Waals surface area contributed by atoms with Crippen LogP contribution >= 0.6 is 0 Å². The fourth-order valence-electron chi connectivity index (χ4n) is 4.30. The third-order valence-electron chi connectivity index (χ3n) is 6.63. The molecule has 0 aliphatic rings. The summed E-state index contributed by atoms with van der Waals surface area (Å²) in [5, 5.41) is 0. The van der Waals surface area contributed by atoms with Crippen molar-refractivity contribution in [2.45, 2.75) is 65.8 Å². The van der Waals surface area contributed by atoms with Crippen LogP contribution in [0.3, 0.4) is 0 Å². The van der Waals surface area contributed by atoms with Crippen molar-refractivity contribution in [3.05, 3.63) is 78.6 Å². The number of rotatable bonds is 6. The van der Waals surface area contributed by atoms with Gasteiger partial charge >= 0.3 is 12.2 Å². The lowest BCUT2D eigenvalue weighted by molar-refractivity contribution is 0.0368. The zero-order valence-electron chi connectivity index (χ0n) is 24.2. The van der Waals surface area contributed by atoms with Gasteiger partial charge in [-0.05, 0) is 65.3 Å². The van der Waals surface area contributed by atoms with Gasteiger partial charge in [0.05, 0.1) is 22.1 Å². The molecular formula is C32H34N4O5. The normalized spacial score (nSPS) is 12.0. The van der Waals surface area contributed by atoms with Crippen molar-refractivity contribution in [1.29, 1.82) is 0 Å². The molecule has 0 radical (unpaired) electrons. The van der Waals surface area contributed by atoms with Gasteiger partial charge in [0.15, 0.2) is 11.6 Å². The first-order valence-electron chi connectivity index (χ1n) is 13.6. The van der Waals surface area contributed by atoms with Gasteiger partial charge in [-0.15, -0.1) is 0 Å². The van der Waals surface area contributed by atoms with Crippen LogP contribution in [0.1, 0.15) is 53.8 Å². The highest BCUT2D eigenvalue weighted by atomic mass is 16.6. The number of carbonyl (C=O) groups excluding carboxylic acids is 2. The second-order valence-corrected chi connectivity index (χ2v) is 11.4. The standard InChI is InChI=1S/C32H34N4O5/c1-7-32(5,6)41-29(37)35-25-16-12-11-15-23(25)33-27(35)20-39-22-17-18-24-26(19-22)36(30(38)40-31(2,3)4)28(34-24)21-13-9-8-10-14-21/h8-19H,7,20H2,1-6H3. The van der Waals surface area contributed by atoms with E-state index in [-0.39, 0.29) is 6.61 Å². The summed E-state index contributed by atoms with van der Waals surface area (Å²) in [6.07, 6.45) is -0.401. The zero-order valence-corrected chi connectivity index (χ0v) is 24.2. The Balaban J connectivity index is 1.51. The van der Waals surface area contributed by atoms with E-state index < -0.39 is 23.4 Å². The molecule has 0 N–H and O–H groups in total. The van der Waals surface area contributed by atoms with Gasteiger partial charge in [0, 0.05) is 11.6 Å². The number of fused-ring (bicyclic) bond motifs is 2. The maximum Gasteiger partial charge on any atom is 0.420 e. The minimum absolute atomic E-state index is 0.00599. The molecule has 0 unspecified atom stereocenters. The Kier molecular flexibility index (Phi) is 7.29. The van der Waals surface area contributed by atoms with Gasteiger partial charge < -0.3 is 14.2 Å². The van der Waals surface area contributed by atoms with E-state index in [0.29, 0.717) is 45.9 Å². The molecule has 0 aliphatic heterocycles. The molecule has 41 heavy (non-hydrogen) atoms. The van der Waals surface area contributed by atoms with E-state index in [4.69, 9.17) is 19.2 Å². The number of ether oxygens (including phenoxy) is 3. The van der Waals surface area contributed by atoms with Crippen LogP contribution in [0.15, 0.2) is 72.8 Å². The lowest BCUT2D eigenvalue weighted by Crippen LogP contribution is -2.30. The zero-order chi connectivity index (χ0) is 29.4. The molecule has 0 amide bonds. The smallest absolute Gasteiger partial charge is 0.420 e.